The van der Waals surface area contributed by atoms with Crippen molar-refractivity contribution in [2.45, 2.75) is 77.2 Å². The fourth-order valence-corrected chi connectivity index (χ4v) is 6.32. The van der Waals surface area contributed by atoms with Gasteiger partial charge in [-0.2, -0.15) is 0 Å². The molecule has 0 spiro atoms. The summed E-state index contributed by atoms with van der Waals surface area (Å²) < 4.78 is 13.6. The van der Waals surface area contributed by atoms with Crippen LogP contribution in [0.15, 0.2) is 85.5 Å². The zero-order chi connectivity index (χ0) is 29.5. The van der Waals surface area contributed by atoms with E-state index in [0.29, 0.717) is 12.6 Å². The minimum atomic E-state index is -0.523. The minimum absolute atomic E-state index is 0.0203. The molecule has 0 aromatic heterocycles. The van der Waals surface area contributed by atoms with Gasteiger partial charge in [-0.15, -0.1) is 6.58 Å². The fraction of sp³-hybridized carbons (Fsp3) is 0.417. The summed E-state index contributed by atoms with van der Waals surface area (Å²) in [5, 5.41) is 12.5. The molecule has 0 unspecified atom stereocenters. The smallest absolute Gasteiger partial charge is 0.217 e. The summed E-state index contributed by atoms with van der Waals surface area (Å²) in [5.74, 6) is 0.0847. The van der Waals surface area contributed by atoms with E-state index in [9.17, 15) is 9.90 Å². The molecule has 6 nitrogen and oxygen atoms in total. The number of hydrogen-bond acceptors (Lipinski definition) is 5. The van der Waals surface area contributed by atoms with Crippen molar-refractivity contribution in [3.63, 3.8) is 0 Å². The maximum absolute atomic E-state index is 11.4. The van der Waals surface area contributed by atoms with E-state index in [1.807, 2.05) is 30.3 Å². The van der Waals surface area contributed by atoms with E-state index in [1.54, 1.807) is 0 Å². The molecule has 3 aromatic rings. The van der Waals surface area contributed by atoms with Gasteiger partial charge in [-0.05, 0) is 52.8 Å². The summed E-state index contributed by atoms with van der Waals surface area (Å²) in [7, 11) is 0. The Morgan fingerprint density at radius 2 is 1.69 bits per heavy atom. The minimum Gasteiger partial charge on any atom is -0.392 e. The molecule has 1 saturated carbocycles. The number of amides is 1. The van der Waals surface area contributed by atoms with Crippen molar-refractivity contribution in [3.8, 4) is 11.1 Å². The lowest BCUT2D eigenvalue weighted by molar-refractivity contribution is -0.276. The number of ether oxygens (including phenoxy) is 2. The number of carbonyl (C=O) groups excluding carboxylic acids is 1. The zero-order valence-electron chi connectivity index (χ0n) is 24.9. The SMILES string of the molecule is C=CCN(C[C@H]1O[C@@H](c2cccc(-c3cccc(CNC(C)=O)c3)c2)O[C@@H](c2ccc(CO)cc2)[C@H]1C)C1CCCC1. The van der Waals surface area contributed by atoms with Crippen LogP contribution in [0.3, 0.4) is 0 Å². The summed E-state index contributed by atoms with van der Waals surface area (Å²) in [4.78, 5) is 14.0. The molecule has 222 valence electrons. The lowest BCUT2D eigenvalue weighted by Crippen LogP contribution is -2.47. The number of carbonyl (C=O) groups is 1. The predicted molar refractivity (Wildman–Crippen MR) is 166 cm³/mol. The highest BCUT2D eigenvalue weighted by molar-refractivity contribution is 5.73. The third-order valence-electron chi connectivity index (χ3n) is 8.70. The number of benzene rings is 3. The number of rotatable bonds is 11. The molecule has 42 heavy (non-hydrogen) atoms. The molecular formula is C36H44N2O4. The molecule has 1 amide bonds. The Morgan fingerprint density at radius 3 is 2.38 bits per heavy atom. The Balaban J connectivity index is 1.43. The van der Waals surface area contributed by atoms with Gasteiger partial charge in [-0.1, -0.05) is 86.5 Å². The highest BCUT2D eigenvalue weighted by Crippen LogP contribution is 2.43. The Bertz CT molecular complexity index is 1330. The van der Waals surface area contributed by atoms with Gasteiger partial charge >= 0.3 is 0 Å². The molecule has 3 aromatic carbocycles. The van der Waals surface area contributed by atoms with Crippen molar-refractivity contribution in [2.24, 2.45) is 5.92 Å². The van der Waals surface area contributed by atoms with Gasteiger partial charge in [0.25, 0.3) is 0 Å². The maximum Gasteiger partial charge on any atom is 0.217 e. The van der Waals surface area contributed by atoms with Crippen molar-refractivity contribution in [1.29, 1.82) is 0 Å². The van der Waals surface area contributed by atoms with E-state index in [0.717, 1.165) is 46.5 Å². The molecule has 0 bridgehead atoms. The molecular weight excluding hydrogens is 524 g/mol. The summed E-state index contributed by atoms with van der Waals surface area (Å²) in [6, 6.07) is 25.3. The van der Waals surface area contributed by atoms with Crippen LogP contribution in [0.25, 0.3) is 11.1 Å². The average Bonchev–Trinajstić information content (AvgIpc) is 3.56. The van der Waals surface area contributed by atoms with Gasteiger partial charge in [0.1, 0.15) is 0 Å². The van der Waals surface area contributed by atoms with E-state index in [2.05, 4.69) is 72.3 Å². The number of aliphatic hydroxyl groups excluding tert-OH is 1. The molecule has 6 heteroatoms. The van der Waals surface area contributed by atoms with Crippen LogP contribution in [-0.2, 0) is 27.4 Å². The quantitative estimate of drug-likeness (QED) is 0.252. The molecule has 0 radical (unpaired) electrons. The molecule has 2 fully saturated rings. The number of nitrogens with one attached hydrogen (secondary N) is 1. The van der Waals surface area contributed by atoms with Gasteiger partial charge in [0.2, 0.25) is 5.91 Å². The third-order valence-corrected chi connectivity index (χ3v) is 8.70. The number of hydrogen-bond donors (Lipinski definition) is 2. The summed E-state index contributed by atoms with van der Waals surface area (Å²) in [5.41, 5.74) is 6.16. The summed E-state index contributed by atoms with van der Waals surface area (Å²) in [6.07, 6.45) is 6.32. The Morgan fingerprint density at radius 1 is 0.976 bits per heavy atom. The van der Waals surface area contributed by atoms with Crippen LogP contribution < -0.4 is 5.32 Å². The number of aliphatic hydroxyl groups is 1. The van der Waals surface area contributed by atoms with Gasteiger partial charge < -0.3 is 19.9 Å². The van der Waals surface area contributed by atoms with Gasteiger partial charge in [0, 0.05) is 44.1 Å². The monoisotopic (exact) mass is 568 g/mol. The topological polar surface area (TPSA) is 71.0 Å². The first-order chi connectivity index (χ1) is 20.4. The van der Waals surface area contributed by atoms with Crippen LogP contribution in [0.5, 0.6) is 0 Å². The van der Waals surface area contributed by atoms with Crippen LogP contribution in [-0.4, -0.2) is 41.1 Å². The summed E-state index contributed by atoms with van der Waals surface area (Å²) in [6.45, 7) is 9.99. The average molecular weight is 569 g/mol. The van der Waals surface area contributed by atoms with Crippen molar-refractivity contribution < 1.29 is 19.4 Å². The highest BCUT2D eigenvalue weighted by atomic mass is 16.7. The zero-order valence-corrected chi connectivity index (χ0v) is 24.9. The molecule has 5 rings (SSSR count). The third kappa shape index (κ3) is 7.37. The Labute approximate surface area is 250 Å². The Kier molecular flexibility index (Phi) is 10.2. The van der Waals surface area contributed by atoms with Crippen LogP contribution in [0.2, 0.25) is 0 Å². The molecule has 4 atom stereocenters. The van der Waals surface area contributed by atoms with E-state index in [-0.39, 0.29) is 30.6 Å². The highest BCUT2D eigenvalue weighted by Gasteiger charge is 2.40. The molecule has 1 aliphatic heterocycles. The van der Waals surface area contributed by atoms with E-state index < -0.39 is 6.29 Å². The second-order valence-electron chi connectivity index (χ2n) is 11.7. The molecule has 1 saturated heterocycles. The first-order valence-corrected chi connectivity index (χ1v) is 15.2. The van der Waals surface area contributed by atoms with Crippen molar-refractivity contribution in [3.05, 3.63) is 108 Å². The van der Waals surface area contributed by atoms with E-state index >= 15 is 0 Å². The van der Waals surface area contributed by atoms with Gasteiger partial charge in [-0.25, -0.2) is 0 Å². The van der Waals surface area contributed by atoms with Crippen molar-refractivity contribution >= 4 is 5.91 Å². The first-order valence-electron chi connectivity index (χ1n) is 15.2. The van der Waals surface area contributed by atoms with Crippen molar-refractivity contribution in [1.82, 2.24) is 10.2 Å². The summed E-state index contributed by atoms with van der Waals surface area (Å²) >= 11 is 0. The van der Waals surface area contributed by atoms with E-state index in [1.165, 1.54) is 32.6 Å². The van der Waals surface area contributed by atoms with E-state index in [4.69, 9.17) is 9.47 Å². The molecule has 2 aliphatic rings. The molecule has 1 aliphatic carbocycles. The standard InChI is InChI=1S/C36H44N2O4/c1-4-19-38(33-13-5-6-14-33)23-34-25(2)35(29-17-15-27(24-39)16-18-29)42-36(41-34)32-12-8-11-31(21-32)30-10-7-9-28(20-30)22-37-26(3)40/h4,7-12,15-18,20-21,25,33-36,39H,1,5-6,13-14,19,22-24H2,2-3H3,(H,37,40)/t25-,34+,35+,36+/m0/s1. The van der Waals surface area contributed by atoms with Gasteiger partial charge in [0.05, 0.1) is 18.8 Å². The van der Waals surface area contributed by atoms with Crippen LogP contribution >= 0.6 is 0 Å². The molecule has 2 N–H and O–H groups in total. The predicted octanol–water partition coefficient (Wildman–Crippen LogP) is 6.70. The fourth-order valence-electron chi connectivity index (χ4n) is 6.32. The molecule has 1 heterocycles. The maximum atomic E-state index is 11.4. The normalized spacial score (nSPS) is 22.8. The lowest BCUT2D eigenvalue weighted by Gasteiger charge is -2.43. The first kappa shape index (κ1) is 30.2. The van der Waals surface area contributed by atoms with Gasteiger partial charge in [0.15, 0.2) is 6.29 Å². The van der Waals surface area contributed by atoms with Gasteiger partial charge in [-0.3, -0.25) is 9.69 Å². The second-order valence-corrected chi connectivity index (χ2v) is 11.7. The lowest BCUT2D eigenvalue weighted by atomic mass is 9.89. The largest absolute Gasteiger partial charge is 0.392 e. The van der Waals surface area contributed by atoms with Crippen LogP contribution in [0, 0.1) is 5.92 Å². The second kappa shape index (κ2) is 14.3. The number of nitrogens with zero attached hydrogens (tertiary/aromatic N) is 1. The van der Waals surface area contributed by atoms with Crippen molar-refractivity contribution in [2.75, 3.05) is 13.1 Å². The van der Waals surface area contributed by atoms with Crippen LogP contribution in [0.1, 0.15) is 74.2 Å². The Hall–Kier alpha value is -3.29. The van der Waals surface area contributed by atoms with Crippen LogP contribution in [0.4, 0.5) is 0 Å².